The third kappa shape index (κ3) is 5.73. The van der Waals surface area contributed by atoms with E-state index in [0.717, 1.165) is 32.5 Å². The molecule has 2 aliphatic heterocycles. The fourth-order valence-corrected chi connectivity index (χ4v) is 2.89. The second-order valence-electron chi connectivity index (χ2n) is 5.84. The van der Waals surface area contributed by atoms with Gasteiger partial charge in [-0.1, -0.05) is 0 Å². The van der Waals surface area contributed by atoms with Gasteiger partial charge in [0.15, 0.2) is 0 Å². The first-order chi connectivity index (χ1) is 10.5. The van der Waals surface area contributed by atoms with Crippen molar-refractivity contribution in [2.45, 2.75) is 31.5 Å². The van der Waals surface area contributed by atoms with Crippen LogP contribution in [0.25, 0.3) is 0 Å². The maximum absolute atomic E-state index is 12.2. The van der Waals surface area contributed by atoms with Crippen LogP contribution < -0.4 is 5.32 Å². The fourth-order valence-electron chi connectivity index (χ4n) is 2.89. The smallest absolute Gasteiger partial charge is 0.372 e. The summed E-state index contributed by atoms with van der Waals surface area (Å²) in [5.74, 6) is 0.186. The molecule has 1 N–H and O–H groups in total. The van der Waals surface area contributed by atoms with Crippen molar-refractivity contribution in [2.75, 3.05) is 52.5 Å². The molecule has 8 heteroatoms. The van der Waals surface area contributed by atoms with Crippen LogP contribution in [0.2, 0.25) is 0 Å². The highest BCUT2D eigenvalue weighted by atomic mass is 19.4. The number of nitrogens with zero attached hydrogens (tertiary/aromatic N) is 2. The summed E-state index contributed by atoms with van der Waals surface area (Å²) in [5.41, 5.74) is 0. The summed E-state index contributed by atoms with van der Waals surface area (Å²) in [4.78, 5) is 16.3. The Morgan fingerprint density at radius 2 is 1.95 bits per heavy atom. The van der Waals surface area contributed by atoms with E-state index in [0.29, 0.717) is 26.1 Å². The molecule has 1 amide bonds. The van der Waals surface area contributed by atoms with Crippen molar-refractivity contribution in [2.24, 2.45) is 0 Å². The number of nitrogens with one attached hydrogen (secondary N) is 1. The van der Waals surface area contributed by atoms with Crippen molar-refractivity contribution >= 4 is 5.91 Å². The Morgan fingerprint density at radius 1 is 1.23 bits per heavy atom. The topological polar surface area (TPSA) is 44.8 Å². The SMILES string of the molecule is O=C(C1CCCN1)N1CCN(CCCOCC(F)(F)F)CC1. The normalized spacial score (nSPS) is 24.0. The lowest BCUT2D eigenvalue weighted by Crippen LogP contribution is -2.53. The molecule has 1 atom stereocenters. The van der Waals surface area contributed by atoms with Crippen molar-refractivity contribution in [1.29, 1.82) is 0 Å². The van der Waals surface area contributed by atoms with E-state index in [1.165, 1.54) is 0 Å². The number of hydrogen-bond acceptors (Lipinski definition) is 4. The molecule has 0 saturated carbocycles. The van der Waals surface area contributed by atoms with Gasteiger partial charge in [0, 0.05) is 39.3 Å². The first-order valence-corrected chi connectivity index (χ1v) is 7.85. The molecule has 0 spiro atoms. The van der Waals surface area contributed by atoms with Crippen LogP contribution in [-0.4, -0.2) is 80.4 Å². The molecule has 0 aromatic rings. The molecule has 2 rings (SSSR count). The highest BCUT2D eigenvalue weighted by molar-refractivity contribution is 5.82. The average Bonchev–Trinajstić information content (AvgIpc) is 3.00. The van der Waals surface area contributed by atoms with Crippen molar-refractivity contribution in [1.82, 2.24) is 15.1 Å². The summed E-state index contributed by atoms with van der Waals surface area (Å²) in [6.07, 6.45) is -1.71. The van der Waals surface area contributed by atoms with E-state index in [4.69, 9.17) is 0 Å². The maximum atomic E-state index is 12.2. The van der Waals surface area contributed by atoms with Crippen LogP contribution in [0.4, 0.5) is 13.2 Å². The number of ether oxygens (including phenoxy) is 1. The summed E-state index contributed by atoms with van der Waals surface area (Å²) in [5, 5.41) is 3.21. The van der Waals surface area contributed by atoms with Crippen LogP contribution in [-0.2, 0) is 9.53 Å². The van der Waals surface area contributed by atoms with E-state index in [2.05, 4.69) is 15.0 Å². The monoisotopic (exact) mass is 323 g/mol. The molecule has 128 valence electrons. The van der Waals surface area contributed by atoms with Crippen molar-refractivity contribution < 1.29 is 22.7 Å². The molecule has 0 radical (unpaired) electrons. The molecule has 5 nitrogen and oxygen atoms in total. The third-order valence-electron chi connectivity index (χ3n) is 4.07. The number of rotatable bonds is 6. The zero-order valence-electron chi connectivity index (χ0n) is 12.7. The minimum Gasteiger partial charge on any atom is -0.372 e. The van der Waals surface area contributed by atoms with E-state index in [1.807, 2.05) is 4.90 Å². The molecule has 0 aromatic heterocycles. The van der Waals surface area contributed by atoms with Crippen LogP contribution >= 0.6 is 0 Å². The van der Waals surface area contributed by atoms with Gasteiger partial charge in [0.25, 0.3) is 0 Å². The first-order valence-electron chi connectivity index (χ1n) is 7.85. The van der Waals surface area contributed by atoms with E-state index >= 15 is 0 Å². The Kier molecular flexibility index (Phi) is 6.46. The molecule has 0 aliphatic carbocycles. The van der Waals surface area contributed by atoms with E-state index in [9.17, 15) is 18.0 Å². The minimum absolute atomic E-state index is 0.0256. The maximum Gasteiger partial charge on any atom is 0.411 e. The molecule has 2 fully saturated rings. The van der Waals surface area contributed by atoms with Gasteiger partial charge in [-0.05, 0) is 25.8 Å². The lowest BCUT2D eigenvalue weighted by Gasteiger charge is -2.36. The number of amides is 1. The van der Waals surface area contributed by atoms with Crippen molar-refractivity contribution in [3.05, 3.63) is 0 Å². The molecule has 2 heterocycles. The second-order valence-corrected chi connectivity index (χ2v) is 5.84. The number of carbonyl (C=O) groups is 1. The Morgan fingerprint density at radius 3 is 2.55 bits per heavy atom. The largest absolute Gasteiger partial charge is 0.411 e. The van der Waals surface area contributed by atoms with Gasteiger partial charge < -0.3 is 15.0 Å². The van der Waals surface area contributed by atoms with Gasteiger partial charge in [0.1, 0.15) is 6.61 Å². The van der Waals surface area contributed by atoms with Gasteiger partial charge in [-0.25, -0.2) is 0 Å². The van der Waals surface area contributed by atoms with Crippen LogP contribution in [0.3, 0.4) is 0 Å². The van der Waals surface area contributed by atoms with E-state index < -0.39 is 12.8 Å². The van der Waals surface area contributed by atoms with Gasteiger partial charge in [-0.15, -0.1) is 0 Å². The van der Waals surface area contributed by atoms with Gasteiger partial charge in [0.05, 0.1) is 6.04 Å². The van der Waals surface area contributed by atoms with Crippen molar-refractivity contribution in [3.8, 4) is 0 Å². The summed E-state index contributed by atoms with van der Waals surface area (Å²) in [6.45, 7) is 3.50. The molecule has 1 unspecified atom stereocenters. The van der Waals surface area contributed by atoms with Gasteiger partial charge in [-0.2, -0.15) is 13.2 Å². The zero-order chi connectivity index (χ0) is 16.0. The molecule has 0 bridgehead atoms. The molecule has 22 heavy (non-hydrogen) atoms. The quantitative estimate of drug-likeness (QED) is 0.736. The zero-order valence-corrected chi connectivity index (χ0v) is 12.7. The average molecular weight is 323 g/mol. The number of piperazine rings is 1. The molecule has 0 aromatic carbocycles. The number of halogens is 3. The van der Waals surface area contributed by atoms with Crippen LogP contribution in [0.1, 0.15) is 19.3 Å². The minimum atomic E-state index is -4.25. The summed E-state index contributed by atoms with van der Waals surface area (Å²) in [6, 6.07) is -0.0256. The molecular formula is C14H24F3N3O2. The molecule has 2 saturated heterocycles. The second kappa shape index (κ2) is 8.12. The number of alkyl halides is 3. The predicted octanol–water partition coefficient (Wildman–Crippen LogP) is 0.852. The lowest BCUT2D eigenvalue weighted by atomic mass is 10.2. The van der Waals surface area contributed by atoms with Crippen LogP contribution in [0, 0.1) is 0 Å². The number of hydrogen-bond donors (Lipinski definition) is 1. The fraction of sp³-hybridized carbons (Fsp3) is 0.929. The highest BCUT2D eigenvalue weighted by Gasteiger charge is 2.29. The highest BCUT2D eigenvalue weighted by Crippen LogP contribution is 2.14. The Labute approximate surface area is 128 Å². The van der Waals surface area contributed by atoms with Crippen LogP contribution in [0.5, 0.6) is 0 Å². The third-order valence-corrected chi connectivity index (χ3v) is 4.07. The first kappa shape index (κ1) is 17.5. The van der Waals surface area contributed by atoms with Gasteiger partial charge >= 0.3 is 6.18 Å². The molecular weight excluding hydrogens is 299 g/mol. The predicted molar refractivity (Wildman–Crippen MR) is 75.5 cm³/mol. The standard InChI is InChI=1S/C14H24F3N3O2/c15-14(16,17)11-22-10-2-5-19-6-8-20(9-7-19)13(21)12-3-1-4-18-12/h12,18H,1-11H2. The van der Waals surface area contributed by atoms with Gasteiger partial charge in [-0.3, -0.25) is 9.69 Å². The van der Waals surface area contributed by atoms with Crippen LogP contribution in [0.15, 0.2) is 0 Å². The lowest BCUT2D eigenvalue weighted by molar-refractivity contribution is -0.174. The summed E-state index contributed by atoms with van der Waals surface area (Å²) >= 11 is 0. The van der Waals surface area contributed by atoms with Gasteiger partial charge in [0.2, 0.25) is 5.91 Å². The Bertz CT molecular complexity index is 352. The Balaban J connectivity index is 1.56. The molecule has 2 aliphatic rings. The number of carbonyl (C=O) groups excluding carboxylic acids is 1. The summed E-state index contributed by atoms with van der Waals surface area (Å²) in [7, 11) is 0. The van der Waals surface area contributed by atoms with E-state index in [-0.39, 0.29) is 18.6 Å². The van der Waals surface area contributed by atoms with E-state index in [1.54, 1.807) is 0 Å². The summed E-state index contributed by atoms with van der Waals surface area (Å²) < 4.78 is 40.3. The Hall–Kier alpha value is -0.860. The van der Waals surface area contributed by atoms with Crippen molar-refractivity contribution in [3.63, 3.8) is 0 Å².